The predicted octanol–water partition coefficient (Wildman–Crippen LogP) is 1.82. The second kappa shape index (κ2) is 4.86. The zero-order valence-electron chi connectivity index (χ0n) is 9.17. The average Bonchev–Trinajstić information content (AvgIpc) is 2.59. The third kappa shape index (κ3) is 2.37. The van der Waals surface area contributed by atoms with Gasteiger partial charge < -0.3 is 9.67 Å². The summed E-state index contributed by atoms with van der Waals surface area (Å²) >= 11 is 1.23. The van der Waals surface area contributed by atoms with Crippen LogP contribution in [0.2, 0.25) is 0 Å². The Morgan fingerprint density at radius 2 is 2.50 bits per heavy atom. The lowest BCUT2D eigenvalue weighted by Crippen LogP contribution is -2.23. The number of aromatic nitrogens is 3. The number of hydrogen-bond donors (Lipinski definition) is 1. The van der Waals surface area contributed by atoms with Crippen molar-refractivity contribution in [3.63, 3.8) is 0 Å². The van der Waals surface area contributed by atoms with Crippen molar-refractivity contribution in [1.82, 2.24) is 14.8 Å². The van der Waals surface area contributed by atoms with Crippen molar-refractivity contribution < 1.29 is 9.90 Å². The van der Waals surface area contributed by atoms with Gasteiger partial charge in [-0.15, -0.1) is 10.2 Å². The maximum absolute atomic E-state index is 10.5. The topological polar surface area (TPSA) is 68.0 Å². The van der Waals surface area contributed by atoms with Crippen LogP contribution in [0.25, 0.3) is 0 Å². The van der Waals surface area contributed by atoms with Gasteiger partial charge in [-0.05, 0) is 25.7 Å². The molecule has 2 rings (SSSR count). The molecule has 1 atom stereocenters. The Hall–Kier alpha value is -1.04. The van der Waals surface area contributed by atoms with E-state index in [1.807, 2.05) is 4.57 Å². The van der Waals surface area contributed by atoms with Gasteiger partial charge in [0.15, 0.2) is 5.16 Å². The first-order chi connectivity index (χ1) is 7.68. The largest absolute Gasteiger partial charge is 0.481 e. The molecule has 1 aliphatic carbocycles. The van der Waals surface area contributed by atoms with E-state index < -0.39 is 5.97 Å². The van der Waals surface area contributed by atoms with Crippen LogP contribution in [0.5, 0.6) is 0 Å². The zero-order chi connectivity index (χ0) is 11.5. The molecular weight excluding hydrogens is 226 g/mol. The summed E-state index contributed by atoms with van der Waals surface area (Å²) in [6.07, 6.45) is 5.51. The maximum atomic E-state index is 10.5. The SMILES string of the molecule is CC(C1CCC1)n1cnnc1SCC(=O)O. The lowest BCUT2D eigenvalue weighted by atomic mass is 9.80. The molecule has 0 saturated heterocycles. The Balaban J connectivity index is 2.02. The van der Waals surface area contributed by atoms with Crippen LogP contribution in [0.1, 0.15) is 32.2 Å². The van der Waals surface area contributed by atoms with Gasteiger partial charge >= 0.3 is 5.97 Å². The van der Waals surface area contributed by atoms with E-state index in [0.29, 0.717) is 17.1 Å². The van der Waals surface area contributed by atoms with Crippen LogP contribution in [0.15, 0.2) is 11.5 Å². The summed E-state index contributed by atoms with van der Waals surface area (Å²) in [5.41, 5.74) is 0. The molecule has 0 amide bonds. The highest BCUT2D eigenvalue weighted by Gasteiger charge is 2.26. The third-order valence-electron chi connectivity index (χ3n) is 3.14. The van der Waals surface area contributed by atoms with E-state index in [0.717, 1.165) is 0 Å². The minimum atomic E-state index is -0.823. The van der Waals surface area contributed by atoms with Crippen LogP contribution in [-0.4, -0.2) is 31.6 Å². The van der Waals surface area contributed by atoms with Crippen LogP contribution in [0.4, 0.5) is 0 Å². The number of nitrogens with zero attached hydrogens (tertiary/aromatic N) is 3. The first-order valence-electron chi connectivity index (χ1n) is 5.42. The van der Waals surface area contributed by atoms with Gasteiger partial charge in [0.2, 0.25) is 0 Å². The van der Waals surface area contributed by atoms with E-state index in [1.54, 1.807) is 6.33 Å². The summed E-state index contributed by atoms with van der Waals surface area (Å²) < 4.78 is 2.00. The van der Waals surface area contributed by atoms with Crippen molar-refractivity contribution >= 4 is 17.7 Å². The summed E-state index contributed by atoms with van der Waals surface area (Å²) in [7, 11) is 0. The first-order valence-corrected chi connectivity index (χ1v) is 6.41. The molecule has 5 nitrogen and oxygen atoms in total. The second-order valence-corrected chi connectivity index (χ2v) is 5.08. The highest BCUT2D eigenvalue weighted by molar-refractivity contribution is 7.99. The van der Waals surface area contributed by atoms with Crippen molar-refractivity contribution in [2.75, 3.05) is 5.75 Å². The number of hydrogen-bond acceptors (Lipinski definition) is 4. The van der Waals surface area contributed by atoms with Gasteiger partial charge in [-0.25, -0.2) is 0 Å². The van der Waals surface area contributed by atoms with E-state index in [2.05, 4.69) is 17.1 Å². The quantitative estimate of drug-likeness (QED) is 0.796. The van der Waals surface area contributed by atoms with Gasteiger partial charge in [-0.1, -0.05) is 18.2 Å². The molecule has 1 heterocycles. The Morgan fingerprint density at radius 1 is 1.75 bits per heavy atom. The Bertz CT molecular complexity index is 376. The fourth-order valence-corrected chi connectivity index (χ4v) is 2.61. The molecule has 1 fully saturated rings. The molecule has 1 aromatic heterocycles. The summed E-state index contributed by atoms with van der Waals surface area (Å²) in [6, 6.07) is 0.375. The molecule has 0 radical (unpaired) electrons. The van der Waals surface area contributed by atoms with Crippen LogP contribution in [0.3, 0.4) is 0 Å². The normalized spacial score (nSPS) is 18.1. The van der Waals surface area contributed by atoms with Crippen molar-refractivity contribution in [2.24, 2.45) is 5.92 Å². The lowest BCUT2D eigenvalue weighted by Gasteiger charge is -2.32. The third-order valence-corrected chi connectivity index (χ3v) is 4.08. The summed E-state index contributed by atoms with van der Waals surface area (Å²) in [5, 5.41) is 17.2. The van der Waals surface area contributed by atoms with Crippen LogP contribution < -0.4 is 0 Å². The Morgan fingerprint density at radius 3 is 3.06 bits per heavy atom. The lowest BCUT2D eigenvalue weighted by molar-refractivity contribution is -0.133. The van der Waals surface area contributed by atoms with Gasteiger partial charge in [-0.3, -0.25) is 4.79 Å². The van der Waals surface area contributed by atoms with E-state index in [1.165, 1.54) is 31.0 Å². The van der Waals surface area contributed by atoms with Crippen molar-refractivity contribution in [1.29, 1.82) is 0 Å². The van der Waals surface area contributed by atoms with Crippen LogP contribution in [-0.2, 0) is 4.79 Å². The van der Waals surface area contributed by atoms with Crippen LogP contribution >= 0.6 is 11.8 Å². The van der Waals surface area contributed by atoms with Gasteiger partial charge in [0.1, 0.15) is 6.33 Å². The van der Waals surface area contributed by atoms with Crippen LogP contribution in [0, 0.1) is 5.92 Å². The van der Waals surface area contributed by atoms with Crippen molar-refractivity contribution in [3.8, 4) is 0 Å². The monoisotopic (exact) mass is 241 g/mol. The van der Waals surface area contributed by atoms with Gasteiger partial charge in [0.05, 0.1) is 5.75 Å². The van der Waals surface area contributed by atoms with Crippen molar-refractivity contribution in [3.05, 3.63) is 6.33 Å². The smallest absolute Gasteiger partial charge is 0.313 e. The molecule has 1 N–H and O–H groups in total. The fourth-order valence-electron chi connectivity index (χ4n) is 1.89. The number of thioether (sulfide) groups is 1. The summed E-state index contributed by atoms with van der Waals surface area (Å²) in [6.45, 7) is 2.15. The highest BCUT2D eigenvalue weighted by Crippen LogP contribution is 2.37. The summed E-state index contributed by atoms with van der Waals surface area (Å²) in [4.78, 5) is 10.5. The maximum Gasteiger partial charge on any atom is 0.313 e. The molecule has 88 valence electrons. The second-order valence-electron chi connectivity index (χ2n) is 4.13. The molecular formula is C10H15N3O2S. The van der Waals surface area contributed by atoms with E-state index >= 15 is 0 Å². The van der Waals surface area contributed by atoms with E-state index in [4.69, 9.17) is 5.11 Å². The van der Waals surface area contributed by atoms with Crippen molar-refractivity contribution in [2.45, 2.75) is 37.4 Å². The molecule has 1 saturated carbocycles. The highest BCUT2D eigenvalue weighted by atomic mass is 32.2. The Kier molecular flexibility index (Phi) is 3.48. The molecule has 0 aromatic carbocycles. The molecule has 6 heteroatoms. The molecule has 1 aromatic rings. The zero-order valence-corrected chi connectivity index (χ0v) is 9.98. The number of carboxylic acids is 1. The minimum absolute atomic E-state index is 0.0378. The van der Waals surface area contributed by atoms with E-state index in [9.17, 15) is 4.79 Å². The molecule has 16 heavy (non-hydrogen) atoms. The number of rotatable bonds is 5. The first kappa shape index (κ1) is 11.4. The minimum Gasteiger partial charge on any atom is -0.481 e. The van der Waals surface area contributed by atoms with Gasteiger partial charge in [-0.2, -0.15) is 0 Å². The molecule has 0 aliphatic heterocycles. The predicted molar refractivity (Wildman–Crippen MR) is 60.4 cm³/mol. The Labute approximate surface area is 98.3 Å². The molecule has 1 unspecified atom stereocenters. The van der Waals surface area contributed by atoms with Gasteiger partial charge in [0.25, 0.3) is 0 Å². The number of carbonyl (C=O) groups is 1. The molecule has 1 aliphatic rings. The fraction of sp³-hybridized carbons (Fsp3) is 0.700. The standard InChI is InChI=1S/C10H15N3O2S/c1-7(8-3-2-4-8)13-6-11-12-10(13)16-5-9(14)15/h6-8H,2-5H2,1H3,(H,14,15). The molecule has 0 bridgehead atoms. The van der Waals surface area contributed by atoms with E-state index in [-0.39, 0.29) is 5.75 Å². The average molecular weight is 241 g/mol. The molecule has 0 spiro atoms. The number of carboxylic acid groups (broad SMARTS) is 1. The van der Waals surface area contributed by atoms with Gasteiger partial charge in [0, 0.05) is 6.04 Å². The summed E-state index contributed by atoms with van der Waals surface area (Å²) in [5.74, 6) is -0.0909. The number of aliphatic carboxylic acids is 1.